The molecule has 3 heterocycles. The van der Waals surface area contributed by atoms with Crippen molar-refractivity contribution in [3.8, 4) is 5.69 Å². The molecule has 2 fully saturated rings. The van der Waals surface area contributed by atoms with E-state index in [0.29, 0.717) is 6.04 Å². The van der Waals surface area contributed by atoms with Crippen molar-refractivity contribution in [1.82, 2.24) is 20.0 Å². The lowest BCUT2D eigenvalue weighted by atomic mass is 9.97. The number of nitrogens with zero attached hydrogens (tertiary/aromatic N) is 3. The maximum atomic E-state index is 4.56. The average Bonchev–Trinajstić information content (AvgIpc) is 3.21. The molecule has 0 aliphatic carbocycles. The van der Waals surface area contributed by atoms with Gasteiger partial charge in [0.2, 0.25) is 0 Å². The molecule has 2 aromatic rings. The van der Waals surface area contributed by atoms with Crippen LogP contribution >= 0.6 is 0 Å². The van der Waals surface area contributed by atoms with Crippen molar-refractivity contribution in [3.63, 3.8) is 0 Å². The first kappa shape index (κ1) is 14.9. The van der Waals surface area contributed by atoms with Gasteiger partial charge in [0, 0.05) is 24.8 Å². The first-order valence-electron chi connectivity index (χ1n) is 8.87. The zero-order valence-electron chi connectivity index (χ0n) is 13.9. The van der Waals surface area contributed by atoms with E-state index >= 15 is 0 Å². The van der Waals surface area contributed by atoms with Crippen LogP contribution in [0.25, 0.3) is 5.69 Å². The van der Waals surface area contributed by atoms with Crippen molar-refractivity contribution in [2.75, 3.05) is 13.1 Å². The lowest BCUT2D eigenvalue weighted by Gasteiger charge is -2.35. The summed E-state index contributed by atoms with van der Waals surface area (Å²) in [6.45, 7) is 5.54. The molecule has 0 saturated carbocycles. The molecule has 2 saturated heterocycles. The topological polar surface area (TPSA) is 33.1 Å². The Hall–Kier alpha value is -1.65. The summed E-state index contributed by atoms with van der Waals surface area (Å²) in [5, 5.41) is 8.36. The zero-order chi connectivity index (χ0) is 15.6. The summed E-state index contributed by atoms with van der Waals surface area (Å²) in [7, 11) is 0. The molecule has 122 valence electrons. The number of rotatable bonds is 4. The van der Waals surface area contributed by atoms with Crippen LogP contribution < -0.4 is 5.32 Å². The molecule has 1 aromatic heterocycles. The Bertz CT molecular complexity index is 663. The van der Waals surface area contributed by atoms with Gasteiger partial charge >= 0.3 is 0 Å². The summed E-state index contributed by atoms with van der Waals surface area (Å²) in [6, 6.07) is 12.1. The van der Waals surface area contributed by atoms with Crippen LogP contribution in [0.3, 0.4) is 0 Å². The van der Waals surface area contributed by atoms with Gasteiger partial charge < -0.3 is 10.2 Å². The van der Waals surface area contributed by atoms with Gasteiger partial charge in [0.1, 0.15) is 0 Å². The number of nitrogens with one attached hydrogen (secondary N) is 1. The fourth-order valence-corrected chi connectivity index (χ4v) is 4.10. The summed E-state index contributed by atoms with van der Waals surface area (Å²) >= 11 is 0. The van der Waals surface area contributed by atoms with Crippen molar-refractivity contribution < 1.29 is 0 Å². The molecule has 0 spiro atoms. The summed E-state index contributed by atoms with van der Waals surface area (Å²) in [4.78, 5) is 2.68. The maximum Gasteiger partial charge on any atom is 0.0690 e. The molecule has 4 heteroatoms. The van der Waals surface area contributed by atoms with Gasteiger partial charge in [-0.2, -0.15) is 5.10 Å². The average molecular weight is 310 g/mol. The van der Waals surface area contributed by atoms with Crippen LogP contribution in [-0.2, 0) is 6.54 Å². The number of hydrogen-bond donors (Lipinski definition) is 1. The van der Waals surface area contributed by atoms with Crippen LogP contribution in [-0.4, -0.2) is 39.9 Å². The summed E-state index contributed by atoms with van der Waals surface area (Å²) in [5.74, 6) is 0. The van der Waals surface area contributed by atoms with Gasteiger partial charge in [0.05, 0.1) is 11.4 Å². The Kier molecular flexibility index (Phi) is 4.19. The van der Waals surface area contributed by atoms with Crippen LogP contribution in [0.4, 0.5) is 0 Å². The third kappa shape index (κ3) is 3.19. The Morgan fingerprint density at radius 2 is 2.09 bits per heavy atom. The largest absolute Gasteiger partial charge is 0.310 e. The standard InChI is InChI=1S/C19H26N4/c1-15-8-12-23(21-15)19-7-3-2-5-16(19)14-20-17-9-11-22-10-4-6-18(22)13-17/h2-3,5,7-8,12,17-18,20H,4,6,9-11,13-14H2,1H3/t17-,18-/m1/s1. The van der Waals surface area contributed by atoms with E-state index in [-0.39, 0.29) is 0 Å². The van der Waals surface area contributed by atoms with Crippen molar-refractivity contribution in [2.45, 2.75) is 51.2 Å². The molecule has 0 bridgehead atoms. The van der Waals surface area contributed by atoms with E-state index in [1.165, 1.54) is 50.0 Å². The fraction of sp³-hybridized carbons (Fsp3) is 0.526. The van der Waals surface area contributed by atoms with Crippen LogP contribution in [0.1, 0.15) is 36.9 Å². The molecular formula is C19H26N4. The summed E-state index contributed by atoms with van der Waals surface area (Å²) in [6.07, 6.45) is 7.41. The SMILES string of the molecule is Cc1ccn(-c2ccccc2CN[C@@H]2CCN3CCC[C@@H]3C2)n1. The number of fused-ring (bicyclic) bond motifs is 1. The van der Waals surface area contributed by atoms with Crippen molar-refractivity contribution in [3.05, 3.63) is 47.8 Å². The van der Waals surface area contributed by atoms with Gasteiger partial charge in [-0.25, -0.2) is 4.68 Å². The van der Waals surface area contributed by atoms with E-state index in [1.807, 2.05) is 17.8 Å². The van der Waals surface area contributed by atoms with E-state index in [9.17, 15) is 0 Å². The Morgan fingerprint density at radius 3 is 2.96 bits per heavy atom. The molecule has 23 heavy (non-hydrogen) atoms. The highest BCUT2D eigenvalue weighted by Gasteiger charge is 2.31. The zero-order valence-corrected chi connectivity index (χ0v) is 13.9. The number of aromatic nitrogens is 2. The second-order valence-electron chi connectivity index (χ2n) is 6.96. The minimum atomic E-state index is 0.654. The molecule has 1 aromatic carbocycles. The van der Waals surface area contributed by atoms with Gasteiger partial charge in [-0.05, 0) is 63.4 Å². The van der Waals surface area contributed by atoms with E-state index in [1.54, 1.807) is 0 Å². The fourth-order valence-electron chi connectivity index (χ4n) is 4.10. The Balaban J connectivity index is 1.43. The monoisotopic (exact) mass is 310 g/mol. The van der Waals surface area contributed by atoms with Crippen molar-refractivity contribution >= 4 is 0 Å². The highest BCUT2D eigenvalue weighted by Crippen LogP contribution is 2.27. The normalized spacial score (nSPS) is 24.7. The third-order valence-electron chi connectivity index (χ3n) is 5.36. The molecule has 2 atom stereocenters. The second-order valence-corrected chi connectivity index (χ2v) is 6.96. The van der Waals surface area contributed by atoms with Crippen molar-refractivity contribution in [1.29, 1.82) is 0 Å². The molecule has 0 radical (unpaired) electrons. The van der Waals surface area contributed by atoms with E-state index < -0.39 is 0 Å². The highest BCUT2D eigenvalue weighted by molar-refractivity contribution is 5.40. The van der Waals surface area contributed by atoms with Gasteiger partial charge in [-0.1, -0.05) is 18.2 Å². The number of piperidine rings is 1. The Labute approximate surface area is 138 Å². The molecule has 0 amide bonds. The van der Waals surface area contributed by atoms with Crippen LogP contribution in [0.2, 0.25) is 0 Å². The van der Waals surface area contributed by atoms with Gasteiger partial charge in [-0.15, -0.1) is 0 Å². The first-order chi connectivity index (χ1) is 11.3. The predicted octanol–water partition coefficient (Wildman–Crippen LogP) is 2.90. The van der Waals surface area contributed by atoms with E-state index in [2.05, 4.69) is 45.6 Å². The number of para-hydroxylation sites is 1. The number of aryl methyl sites for hydroxylation is 1. The van der Waals surface area contributed by atoms with Gasteiger partial charge in [0.25, 0.3) is 0 Å². The summed E-state index contributed by atoms with van der Waals surface area (Å²) in [5.41, 5.74) is 3.57. The lowest BCUT2D eigenvalue weighted by molar-refractivity contribution is 0.166. The van der Waals surface area contributed by atoms with E-state index in [0.717, 1.165) is 18.3 Å². The molecule has 4 rings (SSSR count). The molecule has 1 N–H and O–H groups in total. The number of hydrogen-bond acceptors (Lipinski definition) is 3. The van der Waals surface area contributed by atoms with Gasteiger partial charge in [0.15, 0.2) is 0 Å². The Morgan fingerprint density at radius 1 is 1.17 bits per heavy atom. The molecule has 2 aliphatic heterocycles. The minimum absolute atomic E-state index is 0.654. The molecule has 2 aliphatic rings. The first-order valence-corrected chi connectivity index (χ1v) is 8.87. The number of benzene rings is 1. The minimum Gasteiger partial charge on any atom is -0.310 e. The molecule has 0 unspecified atom stereocenters. The van der Waals surface area contributed by atoms with Crippen LogP contribution in [0, 0.1) is 6.92 Å². The maximum absolute atomic E-state index is 4.56. The lowest BCUT2D eigenvalue weighted by Crippen LogP contribution is -2.45. The van der Waals surface area contributed by atoms with Crippen molar-refractivity contribution in [2.24, 2.45) is 0 Å². The van der Waals surface area contributed by atoms with E-state index in [4.69, 9.17) is 0 Å². The smallest absolute Gasteiger partial charge is 0.0690 e. The highest BCUT2D eigenvalue weighted by atomic mass is 15.3. The predicted molar refractivity (Wildman–Crippen MR) is 92.8 cm³/mol. The van der Waals surface area contributed by atoms with Gasteiger partial charge in [-0.3, -0.25) is 0 Å². The van der Waals surface area contributed by atoms with Crippen LogP contribution in [0.15, 0.2) is 36.5 Å². The molecule has 4 nitrogen and oxygen atoms in total. The summed E-state index contributed by atoms with van der Waals surface area (Å²) < 4.78 is 1.99. The molecular weight excluding hydrogens is 284 g/mol. The third-order valence-corrected chi connectivity index (χ3v) is 5.36. The quantitative estimate of drug-likeness (QED) is 0.942. The van der Waals surface area contributed by atoms with Crippen LogP contribution in [0.5, 0.6) is 0 Å². The second kappa shape index (κ2) is 6.46.